The maximum absolute atomic E-state index is 13.3. The maximum Gasteiger partial charge on any atom is 0.416 e. The average Bonchev–Trinajstić information content (AvgIpc) is 2.44. The van der Waals surface area contributed by atoms with E-state index in [-0.39, 0.29) is 12.6 Å². The normalized spacial score (nSPS) is 18.7. The van der Waals surface area contributed by atoms with E-state index in [0.29, 0.717) is 17.5 Å². The Morgan fingerprint density at radius 1 is 1.24 bits per heavy atom. The zero-order valence-corrected chi connectivity index (χ0v) is 11.8. The van der Waals surface area contributed by atoms with Crippen molar-refractivity contribution in [3.63, 3.8) is 0 Å². The number of halogens is 4. The first-order chi connectivity index (χ1) is 9.86. The van der Waals surface area contributed by atoms with Gasteiger partial charge in [0.15, 0.2) is 0 Å². The number of alkyl halides is 3. The third kappa shape index (κ3) is 4.68. The van der Waals surface area contributed by atoms with Crippen LogP contribution in [0, 0.1) is 11.7 Å². The van der Waals surface area contributed by atoms with Gasteiger partial charge in [-0.1, -0.05) is 0 Å². The zero-order valence-electron chi connectivity index (χ0n) is 11.8. The van der Waals surface area contributed by atoms with E-state index in [0.717, 1.165) is 38.2 Å². The topological polar surface area (TPSA) is 21.3 Å². The Labute approximate surface area is 121 Å². The lowest BCUT2D eigenvalue weighted by molar-refractivity contribution is -0.137. The van der Waals surface area contributed by atoms with Crippen molar-refractivity contribution in [3.8, 4) is 0 Å². The summed E-state index contributed by atoms with van der Waals surface area (Å²) < 4.78 is 56.5. The molecule has 1 heterocycles. The third-order valence-electron chi connectivity index (χ3n) is 3.89. The molecule has 1 aliphatic rings. The fraction of sp³-hybridized carbons (Fsp3) is 0.600. The Bertz CT molecular complexity index is 469. The van der Waals surface area contributed by atoms with Crippen molar-refractivity contribution in [1.29, 1.82) is 0 Å². The minimum Gasteiger partial charge on any atom is -0.381 e. The van der Waals surface area contributed by atoms with E-state index < -0.39 is 17.6 Å². The highest BCUT2D eigenvalue weighted by molar-refractivity contribution is 5.26. The monoisotopic (exact) mass is 305 g/mol. The van der Waals surface area contributed by atoms with Crippen LogP contribution in [0.3, 0.4) is 0 Å². The minimum absolute atomic E-state index is 0.159. The standard InChI is InChI=1S/C15H19F4NO/c1-10(12-2-4-21-5-3-12)20-9-11-6-13(15(17,18)19)8-14(16)7-11/h6-8,10,12,20H,2-5,9H2,1H3. The molecule has 0 amide bonds. The number of benzene rings is 1. The summed E-state index contributed by atoms with van der Waals surface area (Å²) in [5, 5.41) is 3.18. The molecule has 2 rings (SSSR count). The second-order valence-electron chi connectivity index (χ2n) is 5.47. The van der Waals surface area contributed by atoms with Crippen LogP contribution in [-0.2, 0) is 17.5 Å². The van der Waals surface area contributed by atoms with E-state index in [4.69, 9.17) is 4.74 Å². The van der Waals surface area contributed by atoms with Crippen LogP contribution in [0.25, 0.3) is 0 Å². The van der Waals surface area contributed by atoms with E-state index in [1.807, 2.05) is 6.92 Å². The fourth-order valence-corrected chi connectivity index (χ4v) is 2.58. The predicted octanol–water partition coefficient (Wildman–Crippen LogP) is 3.75. The Morgan fingerprint density at radius 2 is 1.90 bits per heavy atom. The van der Waals surface area contributed by atoms with Gasteiger partial charge < -0.3 is 10.1 Å². The number of hydrogen-bond acceptors (Lipinski definition) is 2. The van der Waals surface area contributed by atoms with Crippen molar-refractivity contribution in [1.82, 2.24) is 5.32 Å². The first kappa shape index (κ1) is 16.2. The molecule has 1 aromatic rings. The van der Waals surface area contributed by atoms with Gasteiger partial charge in [0.1, 0.15) is 5.82 Å². The molecule has 0 spiro atoms. The molecular formula is C15H19F4NO. The highest BCUT2D eigenvalue weighted by atomic mass is 19.4. The van der Waals surface area contributed by atoms with Gasteiger partial charge in [0.2, 0.25) is 0 Å². The van der Waals surface area contributed by atoms with Crippen LogP contribution in [0.5, 0.6) is 0 Å². The van der Waals surface area contributed by atoms with Crippen LogP contribution >= 0.6 is 0 Å². The van der Waals surface area contributed by atoms with Gasteiger partial charge >= 0.3 is 6.18 Å². The fourth-order valence-electron chi connectivity index (χ4n) is 2.58. The molecule has 21 heavy (non-hydrogen) atoms. The number of ether oxygens (including phenoxy) is 1. The van der Waals surface area contributed by atoms with E-state index in [2.05, 4.69) is 5.32 Å². The molecule has 1 unspecified atom stereocenters. The highest BCUT2D eigenvalue weighted by Gasteiger charge is 2.31. The molecule has 1 saturated heterocycles. The molecule has 118 valence electrons. The second kappa shape index (κ2) is 6.75. The molecule has 0 radical (unpaired) electrons. The van der Waals surface area contributed by atoms with Crippen molar-refractivity contribution in [3.05, 3.63) is 35.1 Å². The lowest BCUT2D eigenvalue weighted by Crippen LogP contribution is -2.36. The van der Waals surface area contributed by atoms with E-state index in [1.54, 1.807) is 0 Å². The Balaban J connectivity index is 1.97. The van der Waals surface area contributed by atoms with E-state index in [1.165, 1.54) is 0 Å². The molecule has 0 aromatic heterocycles. The summed E-state index contributed by atoms with van der Waals surface area (Å²) in [4.78, 5) is 0. The summed E-state index contributed by atoms with van der Waals surface area (Å²) in [5.74, 6) is -0.422. The van der Waals surface area contributed by atoms with Crippen molar-refractivity contribution in [2.75, 3.05) is 13.2 Å². The molecule has 2 nitrogen and oxygen atoms in total. The largest absolute Gasteiger partial charge is 0.416 e. The predicted molar refractivity (Wildman–Crippen MR) is 71.2 cm³/mol. The van der Waals surface area contributed by atoms with Crippen molar-refractivity contribution < 1.29 is 22.3 Å². The Morgan fingerprint density at radius 3 is 2.52 bits per heavy atom. The Hall–Kier alpha value is -1.14. The summed E-state index contributed by atoms with van der Waals surface area (Å²) in [5.41, 5.74) is -0.640. The minimum atomic E-state index is -4.52. The van der Waals surface area contributed by atoms with Gasteiger partial charge in [0.05, 0.1) is 5.56 Å². The Kier molecular flexibility index (Phi) is 5.22. The van der Waals surface area contributed by atoms with Gasteiger partial charge in [0, 0.05) is 25.8 Å². The van der Waals surface area contributed by atoms with Crippen molar-refractivity contribution in [2.45, 2.75) is 38.5 Å². The summed E-state index contributed by atoms with van der Waals surface area (Å²) in [6.45, 7) is 3.66. The third-order valence-corrected chi connectivity index (χ3v) is 3.89. The molecule has 6 heteroatoms. The van der Waals surface area contributed by atoms with Gasteiger partial charge in [-0.25, -0.2) is 4.39 Å². The summed E-state index contributed by atoms with van der Waals surface area (Å²) in [6, 6.07) is 2.81. The first-order valence-electron chi connectivity index (χ1n) is 7.04. The molecule has 1 aliphatic heterocycles. The van der Waals surface area contributed by atoms with Crippen LogP contribution in [0.15, 0.2) is 18.2 Å². The molecule has 1 atom stereocenters. The average molecular weight is 305 g/mol. The molecule has 1 aromatic carbocycles. The quantitative estimate of drug-likeness (QED) is 0.856. The van der Waals surface area contributed by atoms with Gasteiger partial charge in [-0.05, 0) is 49.4 Å². The lowest BCUT2D eigenvalue weighted by atomic mass is 9.93. The summed E-state index contributed by atoms with van der Waals surface area (Å²) in [7, 11) is 0. The zero-order chi connectivity index (χ0) is 15.5. The van der Waals surface area contributed by atoms with Crippen LogP contribution in [0.1, 0.15) is 30.9 Å². The molecule has 1 N–H and O–H groups in total. The number of nitrogens with one attached hydrogen (secondary N) is 1. The van der Waals surface area contributed by atoms with Crippen LogP contribution in [-0.4, -0.2) is 19.3 Å². The molecular weight excluding hydrogens is 286 g/mol. The van der Waals surface area contributed by atoms with Gasteiger partial charge in [-0.2, -0.15) is 13.2 Å². The molecule has 0 saturated carbocycles. The van der Waals surface area contributed by atoms with Crippen LogP contribution < -0.4 is 5.32 Å². The molecule has 0 bridgehead atoms. The van der Waals surface area contributed by atoms with E-state index in [9.17, 15) is 17.6 Å². The maximum atomic E-state index is 13.3. The lowest BCUT2D eigenvalue weighted by Gasteiger charge is -2.28. The van der Waals surface area contributed by atoms with Crippen LogP contribution in [0.2, 0.25) is 0 Å². The van der Waals surface area contributed by atoms with Gasteiger partial charge in [-0.3, -0.25) is 0 Å². The SMILES string of the molecule is CC(NCc1cc(F)cc(C(F)(F)F)c1)C1CCOCC1. The highest BCUT2D eigenvalue weighted by Crippen LogP contribution is 2.30. The van der Waals surface area contributed by atoms with Gasteiger partial charge in [-0.15, -0.1) is 0 Å². The number of hydrogen-bond donors (Lipinski definition) is 1. The summed E-state index contributed by atoms with van der Waals surface area (Å²) >= 11 is 0. The van der Waals surface area contributed by atoms with Crippen molar-refractivity contribution in [2.24, 2.45) is 5.92 Å². The van der Waals surface area contributed by atoms with Crippen molar-refractivity contribution >= 4 is 0 Å². The first-order valence-corrected chi connectivity index (χ1v) is 7.04. The summed E-state index contributed by atoms with van der Waals surface area (Å²) in [6.07, 6.45) is -2.65. The number of rotatable bonds is 4. The van der Waals surface area contributed by atoms with E-state index >= 15 is 0 Å². The second-order valence-corrected chi connectivity index (χ2v) is 5.47. The van der Waals surface area contributed by atoms with Gasteiger partial charge in [0.25, 0.3) is 0 Å². The van der Waals surface area contributed by atoms with Crippen LogP contribution in [0.4, 0.5) is 17.6 Å². The smallest absolute Gasteiger partial charge is 0.381 e. The molecule has 1 fully saturated rings. The molecule has 0 aliphatic carbocycles.